The van der Waals surface area contributed by atoms with Gasteiger partial charge in [-0.1, -0.05) is 36.4 Å². The molecule has 4 aromatic rings. The van der Waals surface area contributed by atoms with Crippen molar-refractivity contribution < 1.29 is 9.53 Å². The highest BCUT2D eigenvalue weighted by atomic mass is 16.5. The summed E-state index contributed by atoms with van der Waals surface area (Å²) >= 11 is 0. The second-order valence-electron chi connectivity index (χ2n) is 8.59. The average Bonchev–Trinajstić information content (AvgIpc) is 3.03. The van der Waals surface area contributed by atoms with Gasteiger partial charge in [0.25, 0.3) is 5.56 Å². The van der Waals surface area contributed by atoms with E-state index in [1.807, 2.05) is 69.3 Å². The summed E-state index contributed by atoms with van der Waals surface area (Å²) in [6, 6.07) is 15.2. The van der Waals surface area contributed by atoms with Gasteiger partial charge in [-0.25, -0.2) is 4.98 Å². The molecule has 4 rings (SSSR count). The van der Waals surface area contributed by atoms with Crippen LogP contribution in [0.15, 0.2) is 59.7 Å². The number of nitrogens with one attached hydrogen (secondary N) is 1. The van der Waals surface area contributed by atoms with Crippen molar-refractivity contribution in [1.82, 2.24) is 19.4 Å². The number of para-hydroxylation sites is 2. The molecule has 0 fully saturated rings. The molecule has 0 aliphatic heterocycles. The van der Waals surface area contributed by atoms with Crippen LogP contribution in [0, 0.1) is 0 Å². The van der Waals surface area contributed by atoms with E-state index in [4.69, 9.17) is 4.74 Å². The van der Waals surface area contributed by atoms with Gasteiger partial charge in [-0.2, -0.15) is 0 Å². The van der Waals surface area contributed by atoms with Crippen LogP contribution in [0.25, 0.3) is 21.9 Å². The Morgan fingerprint density at radius 1 is 1.10 bits per heavy atom. The van der Waals surface area contributed by atoms with Crippen LogP contribution in [-0.4, -0.2) is 32.7 Å². The van der Waals surface area contributed by atoms with Gasteiger partial charge in [-0.05, 0) is 32.9 Å². The first-order chi connectivity index (χ1) is 14.8. The molecule has 2 aromatic heterocycles. The predicted molar refractivity (Wildman–Crippen MR) is 121 cm³/mol. The van der Waals surface area contributed by atoms with E-state index < -0.39 is 0 Å². The van der Waals surface area contributed by atoms with Crippen LogP contribution in [0.5, 0.6) is 5.75 Å². The standard InChI is InChI=1S/C24H26N4O3/c1-24(2,3)26-20(29)14-28-18-11-7-6-10-17(18)21-22(28)23(30)27(15-25-21)13-16-9-5-8-12-19(16)31-4/h5-12,15H,13-14H2,1-4H3,(H,26,29). The first kappa shape index (κ1) is 20.7. The van der Waals surface area contributed by atoms with Crippen LogP contribution >= 0.6 is 0 Å². The minimum absolute atomic E-state index is 0.0386. The second kappa shape index (κ2) is 7.91. The molecular formula is C24H26N4O3. The van der Waals surface area contributed by atoms with E-state index in [9.17, 15) is 9.59 Å². The Hall–Kier alpha value is -3.61. The van der Waals surface area contributed by atoms with E-state index in [2.05, 4.69) is 10.3 Å². The van der Waals surface area contributed by atoms with Gasteiger partial charge in [0, 0.05) is 16.5 Å². The van der Waals surface area contributed by atoms with Crippen molar-refractivity contribution in [1.29, 1.82) is 0 Å². The summed E-state index contributed by atoms with van der Waals surface area (Å²) in [5.41, 5.74) is 2.14. The highest BCUT2D eigenvalue weighted by Crippen LogP contribution is 2.25. The van der Waals surface area contributed by atoms with Gasteiger partial charge < -0.3 is 14.6 Å². The summed E-state index contributed by atoms with van der Waals surface area (Å²) in [7, 11) is 1.61. The number of ether oxygens (including phenoxy) is 1. The molecule has 31 heavy (non-hydrogen) atoms. The summed E-state index contributed by atoms with van der Waals surface area (Å²) in [5, 5.41) is 3.82. The molecule has 0 spiro atoms. The Labute approximate surface area is 180 Å². The number of aromatic nitrogens is 3. The van der Waals surface area contributed by atoms with E-state index >= 15 is 0 Å². The fraction of sp³-hybridized carbons (Fsp3) is 0.292. The lowest BCUT2D eigenvalue weighted by Crippen LogP contribution is -2.42. The molecule has 0 saturated carbocycles. The number of fused-ring (bicyclic) bond motifs is 3. The summed E-state index contributed by atoms with van der Waals surface area (Å²) in [5.74, 6) is 0.550. The van der Waals surface area contributed by atoms with E-state index in [1.54, 1.807) is 22.6 Å². The lowest BCUT2D eigenvalue weighted by atomic mass is 10.1. The molecule has 1 amide bonds. The Morgan fingerprint density at radius 3 is 2.55 bits per heavy atom. The largest absolute Gasteiger partial charge is 0.496 e. The third-order valence-electron chi connectivity index (χ3n) is 5.08. The molecule has 2 heterocycles. The molecule has 160 valence electrons. The highest BCUT2D eigenvalue weighted by molar-refractivity contribution is 6.06. The molecule has 0 unspecified atom stereocenters. The minimum atomic E-state index is -0.363. The first-order valence-electron chi connectivity index (χ1n) is 10.2. The number of hydrogen-bond acceptors (Lipinski definition) is 4. The number of nitrogens with zero attached hydrogens (tertiary/aromatic N) is 3. The van der Waals surface area contributed by atoms with Crippen LogP contribution in [0.3, 0.4) is 0 Å². The highest BCUT2D eigenvalue weighted by Gasteiger charge is 2.20. The van der Waals surface area contributed by atoms with Crippen LogP contribution in [0.2, 0.25) is 0 Å². The average molecular weight is 418 g/mol. The van der Waals surface area contributed by atoms with Gasteiger partial charge in [0.2, 0.25) is 5.91 Å². The molecule has 2 aromatic carbocycles. The zero-order chi connectivity index (χ0) is 22.2. The number of amides is 1. The monoisotopic (exact) mass is 418 g/mol. The maximum Gasteiger partial charge on any atom is 0.278 e. The molecule has 0 saturated heterocycles. The van der Waals surface area contributed by atoms with E-state index in [0.717, 1.165) is 16.5 Å². The summed E-state index contributed by atoms with van der Waals surface area (Å²) in [6.07, 6.45) is 1.56. The van der Waals surface area contributed by atoms with Crippen LogP contribution in [0.4, 0.5) is 0 Å². The second-order valence-corrected chi connectivity index (χ2v) is 8.59. The van der Waals surface area contributed by atoms with Crippen molar-refractivity contribution in [3.05, 3.63) is 70.8 Å². The van der Waals surface area contributed by atoms with E-state index in [1.165, 1.54) is 0 Å². The minimum Gasteiger partial charge on any atom is -0.496 e. The molecule has 0 radical (unpaired) electrons. The maximum absolute atomic E-state index is 13.5. The molecule has 0 aliphatic carbocycles. The third kappa shape index (κ3) is 4.03. The summed E-state index contributed by atoms with van der Waals surface area (Å²) < 4.78 is 8.74. The first-order valence-corrected chi connectivity index (χ1v) is 10.2. The summed E-state index contributed by atoms with van der Waals surface area (Å²) in [4.78, 5) is 30.8. The van der Waals surface area contributed by atoms with E-state index in [-0.39, 0.29) is 23.6 Å². The van der Waals surface area contributed by atoms with Gasteiger partial charge in [-0.3, -0.25) is 14.2 Å². The van der Waals surface area contributed by atoms with Crippen molar-refractivity contribution in [2.24, 2.45) is 0 Å². The van der Waals surface area contributed by atoms with Crippen molar-refractivity contribution >= 4 is 27.8 Å². The van der Waals surface area contributed by atoms with Gasteiger partial charge in [-0.15, -0.1) is 0 Å². The van der Waals surface area contributed by atoms with Crippen LogP contribution in [0.1, 0.15) is 26.3 Å². The lowest BCUT2D eigenvalue weighted by Gasteiger charge is -2.21. The quantitative estimate of drug-likeness (QED) is 0.539. The normalized spacial score (nSPS) is 11.7. The molecule has 0 bridgehead atoms. The van der Waals surface area contributed by atoms with Crippen molar-refractivity contribution in [3.63, 3.8) is 0 Å². The zero-order valence-electron chi connectivity index (χ0n) is 18.2. The van der Waals surface area contributed by atoms with Gasteiger partial charge in [0.1, 0.15) is 23.3 Å². The van der Waals surface area contributed by atoms with Gasteiger partial charge >= 0.3 is 0 Å². The Bertz CT molecular complexity index is 1330. The molecule has 1 N–H and O–H groups in total. The fourth-order valence-electron chi connectivity index (χ4n) is 3.84. The Morgan fingerprint density at radius 2 is 1.81 bits per heavy atom. The number of hydrogen-bond donors (Lipinski definition) is 1. The van der Waals surface area contributed by atoms with Gasteiger partial charge in [0.05, 0.1) is 25.5 Å². The van der Waals surface area contributed by atoms with Crippen LogP contribution in [-0.2, 0) is 17.9 Å². The van der Waals surface area contributed by atoms with E-state index in [0.29, 0.717) is 23.3 Å². The SMILES string of the molecule is COc1ccccc1Cn1cnc2c3ccccc3n(CC(=O)NC(C)(C)C)c2c1=O. The molecule has 7 heteroatoms. The third-order valence-corrected chi connectivity index (χ3v) is 5.08. The summed E-state index contributed by atoms with van der Waals surface area (Å²) in [6.45, 7) is 6.15. The number of carbonyl (C=O) groups is 1. The number of methoxy groups -OCH3 is 1. The molecular weight excluding hydrogens is 392 g/mol. The van der Waals surface area contributed by atoms with Crippen molar-refractivity contribution in [2.75, 3.05) is 7.11 Å². The van der Waals surface area contributed by atoms with Crippen molar-refractivity contribution in [3.8, 4) is 5.75 Å². The smallest absolute Gasteiger partial charge is 0.278 e. The Balaban J connectivity index is 1.86. The van der Waals surface area contributed by atoms with Crippen molar-refractivity contribution in [2.45, 2.75) is 39.4 Å². The van der Waals surface area contributed by atoms with Gasteiger partial charge in [0.15, 0.2) is 0 Å². The maximum atomic E-state index is 13.5. The predicted octanol–water partition coefficient (Wildman–Crippen LogP) is 3.32. The molecule has 7 nitrogen and oxygen atoms in total. The Kier molecular flexibility index (Phi) is 5.27. The molecule has 0 aliphatic rings. The molecule has 0 atom stereocenters. The number of carbonyl (C=O) groups excluding carboxylic acids is 1. The lowest BCUT2D eigenvalue weighted by molar-refractivity contribution is -0.122. The van der Waals surface area contributed by atoms with Crippen LogP contribution < -0.4 is 15.6 Å². The fourth-order valence-corrected chi connectivity index (χ4v) is 3.84. The number of rotatable bonds is 5. The number of benzene rings is 2. The topological polar surface area (TPSA) is 78.2 Å². The zero-order valence-corrected chi connectivity index (χ0v) is 18.2.